The van der Waals surface area contributed by atoms with Crippen LogP contribution in [0.15, 0.2) is 6.07 Å². The first-order chi connectivity index (χ1) is 7.15. The van der Waals surface area contributed by atoms with Gasteiger partial charge in [-0.25, -0.2) is 0 Å². The van der Waals surface area contributed by atoms with Crippen molar-refractivity contribution in [2.45, 2.75) is 26.7 Å². The van der Waals surface area contributed by atoms with Crippen LogP contribution in [0, 0.1) is 13.8 Å². The molecule has 1 aromatic heterocycles. The van der Waals surface area contributed by atoms with Gasteiger partial charge in [-0.15, -0.1) is 11.3 Å². The molecule has 0 fully saturated rings. The molecule has 3 nitrogen and oxygen atoms in total. The molecule has 1 heterocycles. The highest BCUT2D eigenvalue weighted by Crippen LogP contribution is 2.20. The minimum Gasteiger partial charge on any atom is -0.396 e. The predicted molar refractivity (Wildman–Crippen MR) is 62.4 cm³/mol. The van der Waals surface area contributed by atoms with Crippen LogP contribution >= 0.6 is 11.3 Å². The third-order valence-corrected chi connectivity index (χ3v) is 3.41. The van der Waals surface area contributed by atoms with Gasteiger partial charge in [0.25, 0.3) is 5.91 Å². The van der Waals surface area contributed by atoms with Crippen LogP contribution < -0.4 is 5.32 Å². The molecule has 0 atom stereocenters. The summed E-state index contributed by atoms with van der Waals surface area (Å²) in [5.41, 5.74) is 1.17. The second-order valence-electron chi connectivity index (χ2n) is 3.54. The Morgan fingerprint density at radius 2 is 2.20 bits per heavy atom. The standard InChI is InChI=1S/C11H17NO2S/c1-8-7-10(15-9(8)2)11(14)12-5-3-4-6-13/h7,13H,3-6H2,1-2H3,(H,12,14). The van der Waals surface area contributed by atoms with Crippen molar-refractivity contribution in [3.63, 3.8) is 0 Å². The monoisotopic (exact) mass is 227 g/mol. The smallest absolute Gasteiger partial charge is 0.261 e. The van der Waals surface area contributed by atoms with Gasteiger partial charge in [0.1, 0.15) is 0 Å². The minimum absolute atomic E-state index is 0.00543. The maximum Gasteiger partial charge on any atom is 0.261 e. The van der Waals surface area contributed by atoms with E-state index in [1.807, 2.05) is 19.9 Å². The van der Waals surface area contributed by atoms with Crippen molar-refractivity contribution in [1.82, 2.24) is 5.32 Å². The maximum atomic E-state index is 11.6. The molecule has 1 rings (SSSR count). The SMILES string of the molecule is Cc1cc(C(=O)NCCCCO)sc1C. The summed E-state index contributed by atoms with van der Waals surface area (Å²) in [6, 6.07) is 1.92. The number of unbranched alkanes of at least 4 members (excludes halogenated alkanes) is 1. The number of rotatable bonds is 5. The fourth-order valence-corrected chi connectivity index (χ4v) is 2.16. The van der Waals surface area contributed by atoms with Gasteiger partial charge in [-0.3, -0.25) is 4.79 Å². The predicted octanol–water partition coefficient (Wildman–Crippen LogP) is 1.87. The second-order valence-corrected chi connectivity index (χ2v) is 4.79. The van der Waals surface area contributed by atoms with Crippen molar-refractivity contribution in [2.24, 2.45) is 0 Å². The Labute approximate surface area is 94.1 Å². The zero-order chi connectivity index (χ0) is 11.3. The van der Waals surface area contributed by atoms with Crippen LogP contribution in [-0.4, -0.2) is 24.2 Å². The number of amides is 1. The average Bonchev–Trinajstić information content (AvgIpc) is 2.54. The Hall–Kier alpha value is -0.870. The maximum absolute atomic E-state index is 11.6. The summed E-state index contributed by atoms with van der Waals surface area (Å²) < 4.78 is 0. The summed E-state index contributed by atoms with van der Waals surface area (Å²) in [4.78, 5) is 13.6. The molecule has 0 spiro atoms. The number of hydrogen-bond donors (Lipinski definition) is 2. The zero-order valence-corrected chi connectivity index (χ0v) is 9.99. The topological polar surface area (TPSA) is 49.3 Å². The average molecular weight is 227 g/mol. The van der Waals surface area contributed by atoms with E-state index in [9.17, 15) is 4.79 Å². The molecule has 0 aromatic carbocycles. The lowest BCUT2D eigenvalue weighted by Crippen LogP contribution is -2.23. The summed E-state index contributed by atoms with van der Waals surface area (Å²) in [7, 11) is 0. The molecule has 0 aliphatic heterocycles. The fourth-order valence-electron chi connectivity index (χ4n) is 1.21. The molecule has 0 saturated carbocycles. The van der Waals surface area contributed by atoms with Crippen LogP contribution in [0.2, 0.25) is 0 Å². The molecule has 0 aliphatic carbocycles. The highest BCUT2D eigenvalue weighted by molar-refractivity contribution is 7.14. The summed E-state index contributed by atoms with van der Waals surface area (Å²) >= 11 is 1.52. The van der Waals surface area contributed by atoms with Gasteiger partial charge in [0, 0.05) is 18.0 Å². The van der Waals surface area contributed by atoms with Crippen LogP contribution in [0.3, 0.4) is 0 Å². The van der Waals surface area contributed by atoms with Crippen molar-refractivity contribution < 1.29 is 9.90 Å². The van der Waals surface area contributed by atoms with Crippen LogP contribution in [0.25, 0.3) is 0 Å². The van der Waals surface area contributed by atoms with Crippen LogP contribution in [0.5, 0.6) is 0 Å². The fraction of sp³-hybridized carbons (Fsp3) is 0.545. The molecule has 2 N–H and O–H groups in total. The lowest BCUT2D eigenvalue weighted by molar-refractivity contribution is 0.0956. The van der Waals surface area contributed by atoms with Crippen molar-refractivity contribution in [1.29, 1.82) is 0 Å². The van der Waals surface area contributed by atoms with Gasteiger partial charge in [-0.05, 0) is 38.3 Å². The van der Waals surface area contributed by atoms with Crippen LogP contribution in [0.1, 0.15) is 33.0 Å². The number of carbonyl (C=O) groups is 1. The molecule has 4 heteroatoms. The number of aryl methyl sites for hydroxylation is 2. The highest BCUT2D eigenvalue weighted by atomic mass is 32.1. The lowest BCUT2D eigenvalue weighted by Gasteiger charge is -2.01. The number of aliphatic hydroxyl groups is 1. The molecule has 84 valence electrons. The van der Waals surface area contributed by atoms with Gasteiger partial charge in [-0.2, -0.15) is 0 Å². The Kier molecular flexibility index (Phi) is 4.78. The third-order valence-electron chi connectivity index (χ3n) is 2.26. The first-order valence-corrected chi connectivity index (χ1v) is 5.93. The molecular formula is C11H17NO2S. The van der Waals surface area contributed by atoms with E-state index in [1.165, 1.54) is 21.8 Å². The van der Waals surface area contributed by atoms with E-state index >= 15 is 0 Å². The summed E-state index contributed by atoms with van der Waals surface area (Å²) in [5.74, 6) is -0.00543. The Morgan fingerprint density at radius 3 is 2.73 bits per heavy atom. The van der Waals surface area contributed by atoms with Crippen molar-refractivity contribution in [3.05, 3.63) is 21.4 Å². The first-order valence-electron chi connectivity index (χ1n) is 5.11. The quantitative estimate of drug-likeness (QED) is 0.754. The van der Waals surface area contributed by atoms with Gasteiger partial charge in [0.15, 0.2) is 0 Å². The molecule has 0 saturated heterocycles. The van der Waals surface area contributed by atoms with E-state index in [0.29, 0.717) is 6.54 Å². The summed E-state index contributed by atoms with van der Waals surface area (Å²) in [6.45, 7) is 4.85. The minimum atomic E-state index is -0.00543. The number of carbonyl (C=O) groups excluding carboxylic acids is 1. The van der Waals surface area contributed by atoms with Crippen LogP contribution in [-0.2, 0) is 0 Å². The van der Waals surface area contributed by atoms with Gasteiger partial charge >= 0.3 is 0 Å². The first kappa shape index (κ1) is 12.2. The van der Waals surface area contributed by atoms with E-state index in [-0.39, 0.29) is 12.5 Å². The third kappa shape index (κ3) is 3.64. The molecule has 15 heavy (non-hydrogen) atoms. The van der Waals surface area contributed by atoms with Gasteiger partial charge < -0.3 is 10.4 Å². The molecule has 1 amide bonds. The lowest BCUT2D eigenvalue weighted by atomic mass is 10.3. The normalized spacial score (nSPS) is 10.3. The highest BCUT2D eigenvalue weighted by Gasteiger charge is 2.09. The molecule has 0 radical (unpaired) electrons. The molecule has 0 aliphatic rings. The van der Waals surface area contributed by atoms with Gasteiger partial charge in [0.05, 0.1) is 4.88 Å². The Morgan fingerprint density at radius 1 is 1.47 bits per heavy atom. The number of nitrogens with one attached hydrogen (secondary N) is 1. The second kappa shape index (κ2) is 5.88. The Bertz CT molecular complexity index is 314. The van der Waals surface area contributed by atoms with Crippen molar-refractivity contribution in [3.8, 4) is 0 Å². The largest absolute Gasteiger partial charge is 0.396 e. The van der Waals surface area contributed by atoms with E-state index in [4.69, 9.17) is 5.11 Å². The molecule has 0 unspecified atom stereocenters. The molecule has 0 bridgehead atoms. The summed E-state index contributed by atoms with van der Waals surface area (Å²) in [6.07, 6.45) is 1.56. The van der Waals surface area contributed by atoms with E-state index in [0.717, 1.165) is 17.7 Å². The zero-order valence-electron chi connectivity index (χ0n) is 9.17. The number of thiophene rings is 1. The van der Waals surface area contributed by atoms with Gasteiger partial charge in [-0.1, -0.05) is 0 Å². The number of hydrogen-bond acceptors (Lipinski definition) is 3. The van der Waals surface area contributed by atoms with E-state index in [1.54, 1.807) is 0 Å². The van der Waals surface area contributed by atoms with Crippen molar-refractivity contribution >= 4 is 17.2 Å². The van der Waals surface area contributed by atoms with E-state index in [2.05, 4.69) is 5.32 Å². The Balaban J connectivity index is 2.40. The number of aliphatic hydroxyl groups excluding tert-OH is 1. The molecule has 1 aromatic rings. The molecular weight excluding hydrogens is 210 g/mol. The van der Waals surface area contributed by atoms with Gasteiger partial charge in [0.2, 0.25) is 0 Å². The van der Waals surface area contributed by atoms with Crippen LogP contribution in [0.4, 0.5) is 0 Å². The summed E-state index contributed by atoms with van der Waals surface area (Å²) in [5, 5.41) is 11.4. The van der Waals surface area contributed by atoms with Crippen molar-refractivity contribution in [2.75, 3.05) is 13.2 Å². The van der Waals surface area contributed by atoms with E-state index < -0.39 is 0 Å².